The predicted molar refractivity (Wildman–Crippen MR) is 50.2 cm³/mol. The molecule has 0 unspecified atom stereocenters. The molecule has 1 aromatic heterocycles. The van der Waals surface area contributed by atoms with Gasteiger partial charge < -0.3 is 0 Å². The third kappa shape index (κ3) is 3.28. The minimum absolute atomic E-state index is 0.439. The molecule has 0 amide bonds. The number of carbonyl (C=O) groups excluding carboxylic acids is 1. The zero-order valence-corrected chi connectivity index (χ0v) is 7.38. The highest BCUT2D eigenvalue weighted by atomic mass is 32.1. The predicted octanol–water partition coefficient (Wildman–Crippen LogP) is 2.18. The molecule has 0 aliphatic carbocycles. The lowest BCUT2D eigenvalue weighted by atomic mass is 10.3. The van der Waals surface area contributed by atoms with Crippen LogP contribution in [0, 0.1) is 0 Å². The number of aliphatic imine (C=N–C) groups is 1. The molecule has 0 N–H and O–H groups in total. The van der Waals surface area contributed by atoms with Gasteiger partial charge in [-0.15, -0.1) is 11.3 Å². The quantitative estimate of drug-likeness (QED) is 0.396. The average molecular weight is 179 g/mol. The molecule has 62 valence electrons. The van der Waals surface area contributed by atoms with E-state index in [1.165, 1.54) is 11.0 Å². The molecule has 0 aromatic carbocycles. The molecule has 0 atom stereocenters. The van der Waals surface area contributed by atoms with Crippen molar-refractivity contribution in [3.63, 3.8) is 0 Å². The second kappa shape index (κ2) is 5.47. The zero-order valence-electron chi connectivity index (χ0n) is 6.56. The number of nitrogens with zero attached hydrogens (tertiary/aromatic N) is 1. The van der Waals surface area contributed by atoms with Crippen LogP contribution in [0.5, 0.6) is 0 Å². The summed E-state index contributed by atoms with van der Waals surface area (Å²) in [7, 11) is 0. The summed E-state index contributed by atoms with van der Waals surface area (Å²) in [5, 5.41) is 2.05. The van der Waals surface area contributed by atoms with Crippen molar-refractivity contribution in [2.45, 2.75) is 6.42 Å². The van der Waals surface area contributed by atoms with Gasteiger partial charge in [-0.25, -0.2) is 9.79 Å². The Balaban J connectivity index is 2.26. The van der Waals surface area contributed by atoms with Gasteiger partial charge in [0.15, 0.2) is 0 Å². The fourth-order valence-electron chi connectivity index (χ4n) is 0.793. The van der Waals surface area contributed by atoms with Crippen molar-refractivity contribution >= 4 is 17.4 Å². The minimum Gasteiger partial charge on any atom is -0.211 e. The highest BCUT2D eigenvalue weighted by Gasteiger charge is 1.86. The van der Waals surface area contributed by atoms with E-state index in [1.54, 1.807) is 11.3 Å². The topological polar surface area (TPSA) is 29.4 Å². The van der Waals surface area contributed by atoms with Gasteiger partial charge in [0.2, 0.25) is 6.08 Å². The van der Waals surface area contributed by atoms with E-state index >= 15 is 0 Å². The van der Waals surface area contributed by atoms with Crippen LogP contribution < -0.4 is 0 Å². The van der Waals surface area contributed by atoms with E-state index in [1.807, 2.05) is 23.6 Å². The Kier molecular flexibility index (Phi) is 4.06. The Bertz CT molecular complexity index is 283. The smallest absolute Gasteiger partial charge is 0.211 e. The SMILES string of the molecule is O=C=NC/C=C\Cc1cccs1. The van der Waals surface area contributed by atoms with E-state index < -0.39 is 0 Å². The van der Waals surface area contributed by atoms with Gasteiger partial charge in [-0.1, -0.05) is 18.2 Å². The minimum atomic E-state index is 0.439. The molecule has 0 aliphatic heterocycles. The molecule has 0 radical (unpaired) electrons. The lowest BCUT2D eigenvalue weighted by molar-refractivity contribution is 0.564. The molecule has 0 spiro atoms. The van der Waals surface area contributed by atoms with Crippen LogP contribution in [0.3, 0.4) is 0 Å². The number of hydrogen-bond donors (Lipinski definition) is 0. The molecule has 0 saturated heterocycles. The summed E-state index contributed by atoms with van der Waals surface area (Å²) in [6.07, 6.45) is 6.28. The van der Waals surface area contributed by atoms with Gasteiger partial charge in [-0.05, 0) is 17.9 Å². The lowest BCUT2D eigenvalue weighted by Crippen LogP contribution is -1.74. The van der Waals surface area contributed by atoms with Gasteiger partial charge in [0.1, 0.15) is 0 Å². The van der Waals surface area contributed by atoms with Crippen LogP contribution in [0.4, 0.5) is 0 Å². The molecule has 2 nitrogen and oxygen atoms in total. The molecule has 0 bridgehead atoms. The largest absolute Gasteiger partial charge is 0.235 e. The fourth-order valence-corrected chi connectivity index (χ4v) is 1.47. The number of thiophene rings is 1. The Morgan fingerprint density at radius 1 is 1.58 bits per heavy atom. The Morgan fingerprint density at radius 3 is 3.17 bits per heavy atom. The van der Waals surface area contributed by atoms with Crippen molar-refractivity contribution in [2.75, 3.05) is 6.54 Å². The third-order valence-corrected chi connectivity index (χ3v) is 2.23. The van der Waals surface area contributed by atoms with Crippen molar-refractivity contribution in [1.29, 1.82) is 0 Å². The summed E-state index contributed by atoms with van der Waals surface area (Å²) < 4.78 is 0. The van der Waals surface area contributed by atoms with Crippen molar-refractivity contribution in [1.82, 2.24) is 0 Å². The van der Waals surface area contributed by atoms with Gasteiger partial charge in [-0.3, -0.25) is 0 Å². The first-order valence-corrected chi connectivity index (χ1v) is 4.52. The van der Waals surface area contributed by atoms with Crippen LogP contribution >= 0.6 is 11.3 Å². The molecule has 0 saturated carbocycles. The molecule has 3 heteroatoms. The lowest BCUT2D eigenvalue weighted by Gasteiger charge is -1.85. The highest BCUT2D eigenvalue weighted by Crippen LogP contribution is 2.08. The maximum Gasteiger partial charge on any atom is 0.235 e. The molecule has 0 fully saturated rings. The van der Waals surface area contributed by atoms with Gasteiger partial charge in [-0.2, -0.15) is 0 Å². The van der Waals surface area contributed by atoms with Crippen molar-refractivity contribution in [2.24, 2.45) is 4.99 Å². The Hall–Kier alpha value is -1.18. The van der Waals surface area contributed by atoms with Crippen molar-refractivity contribution in [3.8, 4) is 0 Å². The maximum atomic E-state index is 9.67. The van der Waals surface area contributed by atoms with E-state index in [2.05, 4.69) is 11.1 Å². The first kappa shape index (κ1) is 8.91. The van der Waals surface area contributed by atoms with Crippen LogP contribution in [-0.2, 0) is 11.2 Å². The first-order chi connectivity index (χ1) is 5.93. The van der Waals surface area contributed by atoms with Gasteiger partial charge >= 0.3 is 0 Å². The van der Waals surface area contributed by atoms with Crippen molar-refractivity contribution < 1.29 is 4.79 Å². The van der Waals surface area contributed by atoms with Crippen LogP contribution in [-0.4, -0.2) is 12.6 Å². The average Bonchev–Trinajstić information content (AvgIpc) is 2.57. The molecule has 1 rings (SSSR count). The van der Waals surface area contributed by atoms with Crippen LogP contribution in [0.25, 0.3) is 0 Å². The molecule has 12 heavy (non-hydrogen) atoms. The molecule has 0 aliphatic rings. The van der Waals surface area contributed by atoms with E-state index in [9.17, 15) is 4.79 Å². The van der Waals surface area contributed by atoms with E-state index in [0.29, 0.717) is 6.54 Å². The summed E-state index contributed by atoms with van der Waals surface area (Å²) in [5.74, 6) is 0. The molecular formula is C9H9NOS. The molecule has 1 aromatic rings. The van der Waals surface area contributed by atoms with Gasteiger partial charge in [0, 0.05) is 4.88 Å². The fraction of sp³-hybridized carbons (Fsp3) is 0.222. The summed E-state index contributed by atoms with van der Waals surface area (Å²) in [6.45, 7) is 0.439. The molecular weight excluding hydrogens is 170 g/mol. The first-order valence-electron chi connectivity index (χ1n) is 3.64. The van der Waals surface area contributed by atoms with E-state index in [-0.39, 0.29) is 0 Å². The number of allylic oxidation sites excluding steroid dienone is 1. The maximum absolute atomic E-state index is 9.67. The number of isocyanates is 1. The second-order valence-corrected chi connectivity index (χ2v) is 3.22. The Morgan fingerprint density at radius 2 is 2.50 bits per heavy atom. The highest BCUT2D eigenvalue weighted by molar-refractivity contribution is 7.09. The third-order valence-electron chi connectivity index (χ3n) is 1.33. The normalized spacial score (nSPS) is 10.0. The summed E-state index contributed by atoms with van der Waals surface area (Å²) in [4.78, 5) is 14.4. The zero-order chi connectivity index (χ0) is 8.65. The van der Waals surface area contributed by atoms with Crippen LogP contribution in [0.15, 0.2) is 34.7 Å². The monoisotopic (exact) mass is 179 g/mol. The number of hydrogen-bond acceptors (Lipinski definition) is 3. The van der Waals surface area contributed by atoms with Crippen LogP contribution in [0.1, 0.15) is 4.88 Å². The van der Waals surface area contributed by atoms with Crippen LogP contribution in [0.2, 0.25) is 0 Å². The Labute approximate surface area is 75.3 Å². The second-order valence-electron chi connectivity index (χ2n) is 2.19. The summed E-state index contributed by atoms with van der Waals surface area (Å²) in [6, 6.07) is 4.11. The summed E-state index contributed by atoms with van der Waals surface area (Å²) in [5.41, 5.74) is 0. The van der Waals surface area contributed by atoms with Gasteiger partial charge in [0.05, 0.1) is 6.54 Å². The van der Waals surface area contributed by atoms with Crippen molar-refractivity contribution in [3.05, 3.63) is 34.5 Å². The van der Waals surface area contributed by atoms with E-state index in [4.69, 9.17) is 0 Å². The molecule has 1 heterocycles. The van der Waals surface area contributed by atoms with Gasteiger partial charge in [0.25, 0.3) is 0 Å². The standard InChI is InChI=1S/C9H9NOS/c11-8-10-6-2-1-4-9-5-3-7-12-9/h1-3,5,7H,4,6H2/b2-1-. The van der Waals surface area contributed by atoms with E-state index in [0.717, 1.165) is 6.42 Å². The summed E-state index contributed by atoms with van der Waals surface area (Å²) >= 11 is 1.73. The number of rotatable bonds is 4.